The predicted molar refractivity (Wildman–Crippen MR) is 80.5 cm³/mol. The van der Waals surface area contributed by atoms with Crippen LogP contribution in [0.4, 0.5) is 0 Å². The van der Waals surface area contributed by atoms with Crippen molar-refractivity contribution in [1.82, 2.24) is 5.32 Å². The van der Waals surface area contributed by atoms with E-state index < -0.39 is 0 Å². The van der Waals surface area contributed by atoms with Crippen molar-refractivity contribution >= 4 is 0 Å². The lowest BCUT2D eigenvalue weighted by Gasteiger charge is -2.32. The van der Waals surface area contributed by atoms with E-state index in [0.29, 0.717) is 0 Å². The fourth-order valence-electron chi connectivity index (χ4n) is 3.54. The Morgan fingerprint density at radius 1 is 1.00 bits per heavy atom. The smallest absolute Gasteiger partial charge is 0.00155 e. The summed E-state index contributed by atoms with van der Waals surface area (Å²) in [7, 11) is 0. The quantitative estimate of drug-likeness (QED) is 0.732. The van der Waals surface area contributed by atoms with Gasteiger partial charge in [-0.2, -0.15) is 0 Å². The van der Waals surface area contributed by atoms with Crippen LogP contribution in [0.25, 0.3) is 0 Å². The second-order valence-corrected chi connectivity index (χ2v) is 6.85. The van der Waals surface area contributed by atoms with Crippen LogP contribution < -0.4 is 11.1 Å². The van der Waals surface area contributed by atoms with Crippen LogP contribution in [0.1, 0.15) is 53.4 Å². The fourth-order valence-corrected chi connectivity index (χ4v) is 3.54. The monoisotopic (exact) mass is 254 g/mol. The Balaban J connectivity index is 2.30. The third-order valence-electron chi connectivity index (χ3n) is 4.87. The average molecular weight is 254 g/mol. The molecule has 1 saturated carbocycles. The standard InChI is InChI=1S/C16H34N2/c1-12(2)16(13(3)4)11-18-10-15-8-6-5-7-14(15)9-17/h12-16,18H,5-11,17H2,1-4H3. The lowest BCUT2D eigenvalue weighted by atomic mass is 9.79. The van der Waals surface area contributed by atoms with Crippen LogP contribution in [-0.4, -0.2) is 19.6 Å². The van der Waals surface area contributed by atoms with Gasteiger partial charge in [-0.3, -0.25) is 0 Å². The van der Waals surface area contributed by atoms with Crippen molar-refractivity contribution < 1.29 is 0 Å². The van der Waals surface area contributed by atoms with Gasteiger partial charge in [-0.25, -0.2) is 0 Å². The van der Waals surface area contributed by atoms with E-state index in [9.17, 15) is 0 Å². The highest BCUT2D eigenvalue weighted by Crippen LogP contribution is 2.29. The molecule has 0 aliphatic heterocycles. The molecular formula is C16H34N2. The van der Waals surface area contributed by atoms with Crippen LogP contribution in [-0.2, 0) is 0 Å². The van der Waals surface area contributed by atoms with E-state index in [1.54, 1.807) is 0 Å². The van der Waals surface area contributed by atoms with Crippen molar-refractivity contribution in [3.8, 4) is 0 Å². The zero-order chi connectivity index (χ0) is 13.5. The van der Waals surface area contributed by atoms with Crippen LogP contribution in [0.3, 0.4) is 0 Å². The molecule has 0 aromatic carbocycles. The van der Waals surface area contributed by atoms with Gasteiger partial charge in [0.15, 0.2) is 0 Å². The number of rotatable bonds is 7. The minimum atomic E-state index is 0.766. The summed E-state index contributed by atoms with van der Waals surface area (Å²) in [6.07, 6.45) is 5.52. The fraction of sp³-hybridized carbons (Fsp3) is 1.00. The maximum Gasteiger partial charge on any atom is -0.00155 e. The van der Waals surface area contributed by atoms with Crippen LogP contribution >= 0.6 is 0 Å². The summed E-state index contributed by atoms with van der Waals surface area (Å²) in [5.74, 6) is 3.93. The molecule has 0 aromatic rings. The van der Waals surface area contributed by atoms with Gasteiger partial charge in [0.1, 0.15) is 0 Å². The Labute approximate surface area is 114 Å². The van der Waals surface area contributed by atoms with Crippen molar-refractivity contribution in [3.63, 3.8) is 0 Å². The molecule has 1 fully saturated rings. The molecule has 18 heavy (non-hydrogen) atoms. The highest BCUT2D eigenvalue weighted by Gasteiger charge is 2.24. The molecule has 0 radical (unpaired) electrons. The van der Waals surface area contributed by atoms with E-state index in [2.05, 4.69) is 33.0 Å². The first-order chi connectivity index (χ1) is 8.56. The van der Waals surface area contributed by atoms with Gasteiger partial charge >= 0.3 is 0 Å². The summed E-state index contributed by atoms with van der Waals surface area (Å²) in [5.41, 5.74) is 5.89. The lowest BCUT2D eigenvalue weighted by molar-refractivity contribution is 0.218. The number of nitrogens with one attached hydrogen (secondary N) is 1. The van der Waals surface area contributed by atoms with Gasteiger partial charge < -0.3 is 11.1 Å². The third kappa shape index (κ3) is 4.89. The molecule has 0 spiro atoms. The SMILES string of the molecule is CC(C)C(CNCC1CCCCC1CN)C(C)C. The van der Waals surface area contributed by atoms with Crippen molar-refractivity contribution in [3.05, 3.63) is 0 Å². The highest BCUT2D eigenvalue weighted by molar-refractivity contribution is 4.79. The first-order valence-electron chi connectivity index (χ1n) is 7.97. The number of nitrogens with two attached hydrogens (primary N) is 1. The van der Waals surface area contributed by atoms with E-state index in [4.69, 9.17) is 5.73 Å². The summed E-state index contributed by atoms with van der Waals surface area (Å²) >= 11 is 0. The van der Waals surface area contributed by atoms with Crippen molar-refractivity contribution in [2.24, 2.45) is 35.3 Å². The topological polar surface area (TPSA) is 38.0 Å². The molecule has 2 unspecified atom stereocenters. The van der Waals surface area contributed by atoms with E-state index >= 15 is 0 Å². The minimum absolute atomic E-state index is 0.766. The molecule has 2 atom stereocenters. The molecule has 2 nitrogen and oxygen atoms in total. The summed E-state index contributed by atoms with van der Waals surface area (Å²) in [4.78, 5) is 0. The van der Waals surface area contributed by atoms with Gasteiger partial charge in [-0.1, -0.05) is 40.5 Å². The first-order valence-corrected chi connectivity index (χ1v) is 7.97. The Hall–Kier alpha value is -0.0800. The van der Waals surface area contributed by atoms with Crippen LogP contribution in [0, 0.1) is 29.6 Å². The van der Waals surface area contributed by atoms with Crippen molar-refractivity contribution in [2.75, 3.05) is 19.6 Å². The second kappa shape index (κ2) is 8.16. The van der Waals surface area contributed by atoms with Gasteiger partial charge in [0.2, 0.25) is 0 Å². The predicted octanol–water partition coefficient (Wildman–Crippen LogP) is 3.27. The van der Waals surface area contributed by atoms with Gasteiger partial charge in [0.05, 0.1) is 0 Å². The van der Waals surface area contributed by atoms with Crippen molar-refractivity contribution in [1.29, 1.82) is 0 Å². The number of hydrogen-bond acceptors (Lipinski definition) is 2. The Bertz CT molecular complexity index is 205. The van der Waals surface area contributed by atoms with Crippen molar-refractivity contribution in [2.45, 2.75) is 53.4 Å². The summed E-state index contributed by atoms with van der Waals surface area (Å²) in [6.45, 7) is 12.6. The highest BCUT2D eigenvalue weighted by atomic mass is 14.9. The van der Waals surface area contributed by atoms with Gasteiger partial charge in [-0.15, -0.1) is 0 Å². The Morgan fingerprint density at radius 3 is 2.06 bits per heavy atom. The Kier molecular flexibility index (Phi) is 7.25. The molecule has 0 heterocycles. The van der Waals surface area contributed by atoms with E-state index in [0.717, 1.165) is 36.1 Å². The van der Waals surface area contributed by atoms with Gasteiger partial charge in [0.25, 0.3) is 0 Å². The minimum Gasteiger partial charge on any atom is -0.330 e. The molecule has 108 valence electrons. The molecule has 0 amide bonds. The summed E-state index contributed by atoms with van der Waals surface area (Å²) in [6, 6.07) is 0. The van der Waals surface area contributed by atoms with Crippen LogP contribution in [0.2, 0.25) is 0 Å². The molecule has 3 N–H and O–H groups in total. The molecule has 2 heteroatoms. The lowest BCUT2D eigenvalue weighted by Crippen LogP contribution is -2.37. The zero-order valence-electron chi connectivity index (χ0n) is 12.9. The summed E-state index contributed by atoms with van der Waals surface area (Å²) < 4.78 is 0. The van der Waals surface area contributed by atoms with E-state index in [-0.39, 0.29) is 0 Å². The third-order valence-corrected chi connectivity index (χ3v) is 4.87. The van der Waals surface area contributed by atoms with Gasteiger partial charge in [-0.05, 0) is 62.1 Å². The molecule has 0 bridgehead atoms. The molecule has 0 aromatic heterocycles. The normalized spacial score (nSPS) is 25.3. The zero-order valence-corrected chi connectivity index (χ0v) is 12.9. The molecule has 0 saturated heterocycles. The first kappa shape index (κ1) is 16.0. The molecule has 1 aliphatic carbocycles. The van der Waals surface area contributed by atoms with E-state index in [1.807, 2.05) is 0 Å². The largest absolute Gasteiger partial charge is 0.330 e. The Morgan fingerprint density at radius 2 is 1.56 bits per heavy atom. The molecule has 1 rings (SSSR count). The van der Waals surface area contributed by atoms with Crippen LogP contribution in [0.15, 0.2) is 0 Å². The number of hydrogen-bond donors (Lipinski definition) is 2. The molecule has 1 aliphatic rings. The van der Waals surface area contributed by atoms with Gasteiger partial charge in [0, 0.05) is 0 Å². The maximum absolute atomic E-state index is 5.89. The van der Waals surface area contributed by atoms with Crippen LogP contribution in [0.5, 0.6) is 0 Å². The maximum atomic E-state index is 5.89. The molecular weight excluding hydrogens is 220 g/mol. The van der Waals surface area contributed by atoms with E-state index in [1.165, 1.54) is 38.8 Å². The summed E-state index contributed by atoms with van der Waals surface area (Å²) in [5, 5.41) is 3.73. The second-order valence-electron chi connectivity index (χ2n) is 6.85. The average Bonchev–Trinajstić information content (AvgIpc) is 2.34.